The highest BCUT2D eigenvalue weighted by Gasteiger charge is 2.40. The van der Waals surface area contributed by atoms with Crippen molar-refractivity contribution >= 4 is 35.8 Å². The molecular formula is C52H95NO11. The molecule has 0 spiro atoms. The molecular weight excluding hydrogens is 815 g/mol. The van der Waals surface area contributed by atoms with Crippen molar-refractivity contribution < 1.29 is 52.5 Å². The van der Waals surface area contributed by atoms with E-state index in [9.17, 15) is 28.8 Å². The molecule has 12 heteroatoms. The van der Waals surface area contributed by atoms with Crippen LogP contribution in [0.25, 0.3) is 0 Å². The second-order valence-electron chi connectivity index (χ2n) is 18.1. The van der Waals surface area contributed by atoms with Gasteiger partial charge >= 0.3 is 29.8 Å². The summed E-state index contributed by atoms with van der Waals surface area (Å²) in [5.41, 5.74) is 0. The first-order chi connectivity index (χ1) is 30.8. The smallest absolute Gasteiger partial charge is 0.303 e. The van der Waals surface area contributed by atoms with Gasteiger partial charge in [0.15, 0.2) is 6.10 Å². The van der Waals surface area contributed by atoms with Crippen molar-refractivity contribution in [3.63, 3.8) is 0 Å². The van der Waals surface area contributed by atoms with Gasteiger partial charge in [0.2, 0.25) is 6.10 Å². The fourth-order valence-electron chi connectivity index (χ4n) is 8.38. The van der Waals surface area contributed by atoms with Gasteiger partial charge in [-0.1, -0.05) is 200 Å². The van der Waals surface area contributed by atoms with E-state index in [2.05, 4.69) is 19.2 Å². The number of rotatable bonds is 44. The summed E-state index contributed by atoms with van der Waals surface area (Å²) in [4.78, 5) is 75.7. The lowest BCUT2D eigenvalue weighted by Gasteiger charge is -2.34. The number of amides is 1. The zero-order valence-electron chi connectivity index (χ0n) is 41.9. The first-order valence-electron chi connectivity index (χ1n) is 25.9. The van der Waals surface area contributed by atoms with Crippen LogP contribution in [0.1, 0.15) is 260 Å². The predicted octanol–water partition coefficient (Wildman–Crippen LogP) is 12.7. The monoisotopic (exact) mass is 910 g/mol. The molecule has 1 N–H and O–H groups in total. The fraction of sp³-hybridized carbons (Fsp3) is 0.885. The molecule has 0 radical (unpaired) electrons. The van der Waals surface area contributed by atoms with E-state index in [1.54, 1.807) is 0 Å². The molecule has 12 nitrogen and oxygen atoms in total. The summed E-state index contributed by atoms with van der Waals surface area (Å²) in [7, 11) is 0. The normalized spacial score (nSPS) is 13.5. The second kappa shape index (κ2) is 42.5. The SMILES string of the molecule is CCCCCCCCCCCCCCCCCC[C@@H](OC(C)=O)[C@@H](OC(C)=O)[C@H](COC(C)=O)NC(=O)[C@H](OC(C)=O)[C@H](CCCCCCCCCCCCCCCCC)OC(C)=O. The molecule has 64 heavy (non-hydrogen) atoms. The Hall–Kier alpha value is -3.18. The number of ether oxygens (including phenoxy) is 5. The van der Waals surface area contributed by atoms with Gasteiger partial charge in [0, 0.05) is 34.6 Å². The molecule has 0 aliphatic rings. The van der Waals surface area contributed by atoms with Crippen LogP contribution in [0.5, 0.6) is 0 Å². The van der Waals surface area contributed by atoms with Crippen LogP contribution in [0.2, 0.25) is 0 Å². The van der Waals surface area contributed by atoms with Crippen LogP contribution in [-0.2, 0) is 52.5 Å². The quantitative estimate of drug-likeness (QED) is 0.0352. The van der Waals surface area contributed by atoms with Crippen molar-refractivity contribution in [1.29, 1.82) is 0 Å². The number of hydrogen-bond acceptors (Lipinski definition) is 11. The predicted molar refractivity (Wildman–Crippen MR) is 254 cm³/mol. The number of carbonyl (C=O) groups is 6. The number of hydrogen-bond donors (Lipinski definition) is 1. The first kappa shape index (κ1) is 60.8. The van der Waals surface area contributed by atoms with E-state index in [1.165, 1.54) is 163 Å². The third-order valence-corrected chi connectivity index (χ3v) is 11.8. The lowest BCUT2D eigenvalue weighted by Crippen LogP contribution is -2.57. The molecule has 374 valence electrons. The van der Waals surface area contributed by atoms with Crippen molar-refractivity contribution in [2.45, 2.75) is 291 Å². The van der Waals surface area contributed by atoms with Gasteiger partial charge in [0.25, 0.3) is 5.91 Å². The third-order valence-electron chi connectivity index (χ3n) is 11.8. The largest absolute Gasteiger partial charge is 0.464 e. The Kier molecular flexibility index (Phi) is 40.3. The molecule has 5 atom stereocenters. The van der Waals surface area contributed by atoms with E-state index in [-0.39, 0.29) is 6.42 Å². The van der Waals surface area contributed by atoms with Crippen LogP contribution in [0, 0.1) is 0 Å². The Labute approximate surface area is 389 Å². The molecule has 0 aliphatic carbocycles. The van der Waals surface area contributed by atoms with Crippen molar-refractivity contribution in [3.8, 4) is 0 Å². The van der Waals surface area contributed by atoms with Crippen molar-refractivity contribution in [3.05, 3.63) is 0 Å². The standard InChI is InChI=1S/C52H95NO11/c1-8-10-12-14-16-18-20-22-24-26-28-29-31-33-35-37-39-48(61-43(4)55)50(63-45(6)57)47(41-60-42(3)54)53-52(59)51(64-46(7)58)49(62-44(5)56)40-38-36-34-32-30-27-25-23-21-19-17-15-13-11-9-2/h47-51H,8-41H2,1-7H3,(H,53,59)/t47-,48+,49-,50-,51+/m0/s1. The lowest BCUT2D eigenvalue weighted by molar-refractivity contribution is -0.176. The summed E-state index contributed by atoms with van der Waals surface area (Å²) in [6.45, 7) is 10.1. The highest BCUT2D eigenvalue weighted by molar-refractivity contribution is 5.85. The Bertz CT molecular complexity index is 1210. The van der Waals surface area contributed by atoms with Crippen molar-refractivity contribution in [1.82, 2.24) is 5.32 Å². The molecule has 0 aromatic rings. The van der Waals surface area contributed by atoms with Crippen LogP contribution >= 0.6 is 0 Å². The van der Waals surface area contributed by atoms with Crippen LogP contribution in [0.4, 0.5) is 0 Å². The Balaban J connectivity index is 5.44. The van der Waals surface area contributed by atoms with Gasteiger partial charge in [-0.05, 0) is 25.7 Å². The maximum absolute atomic E-state index is 14.1. The Morgan fingerprint density at radius 2 is 0.656 bits per heavy atom. The summed E-state index contributed by atoms with van der Waals surface area (Å²) in [5, 5.41) is 2.75. The van der Waals surface area contributed by atoms with Crippen molar-refractivity contribution in [2.24, 2.45) is 0 Å². The van der Waals surface area contributed by atoms with Gasteiger partial charge in [0.05, 0.1) is 0 Å². The van der Waals surface area contributed by atoms with Gasteiger partial charge < -0.3 is 29.0 Å². The van der Waals surface area contributed by atoms with Gasteiger partial charge in [0.1, 0.15) is 24.9 Å². The van der Waals surface area contributed by atoms with E-state index < -0.39 is 72.8 Å². The molecule has 1 amide bonds. The molecule has 0 saturated heterocycles. The van der Waals surface area contributed by atoms with Gasteiger partial charge in [-0.15, -0.1) is 0 Å². The molecule has 0 unspecified atom stereocenters. The number of nitrogens with one attached hydrogen (secondary N) is 1. The Morgan fingerprint density at radius 1 is 0.359 bits per heavy atom. The zero-order valence-corrected chi connectivity index (χ0v) is 41.9. The van der Waals surface area contributed by atoms with Gasteiger partial charge in [-0.25, -0.2) is 0 Å². The topological polar surface area (TPSA) is 161 Å². The van der Waals surface area contributed by atoms with E-state index in [0.29, 0.717) is 19.3 Å². The van der Waals surface area contributed by atoms with Crippen molar-refractivity contribution in [2.75, 3.05) is 6.61 Å². The first-order valence-corrected chi connectivity index (χ1v) is 25.9. The molecule has 0 bridgehead atoms. The van der Waals surface area contributed by atoms with Crippen LogP contribution in [-0.4, -0.2) is 72.8 Å². The van der Waals surface area contributed by atoms with Crippen LogP contribution in [0.15, 0.2) is 0 Å². The lowest BCUT2D eigenvalue weighted by atomic mass is 9.97. The van der Waals surface area contributed by atoms with Gasteiger partial charge in [-0.2, -0.15) is 0 Å². The van der Waals surface area contributed by atoms with Crippen LogP contribution < -0.4 is 5.32 Å². The summed E-state index contributed by atoms with van der Waals surface area (Å²) < 4.78 is 27.8. The van der Waals surface area contributed by atoms with E-state index >= 15 is 0 Å². The number of unbranched alkanes of at least 4 members (excludes halogenated alkanes) is 29. The maximum atomic E-state index is 14.1. The molecule has 0 saturated carbocycles. The molecule has 0 aromatic heterocycles. The average molecular weight is 910 g/mol. The molecule has 0 rings (SSSR count). The number of esters is 5. The maximum Gasteiger partial charge on any atom is 0.303 e. The Morgan fingerprint density at radius 3 is 0.969 bits per heavy atom. The second-order valence-corrected chi connectivity index (χ2v) is 18.1. The summed E-state index contributed by atoms with van der Waals surface area (Å²) >= 11 is 0. The minimum Gasteiger partial charge on any atom is -0.464 e. The minimum absolute atomic E-state index is 0.264. The van der Waals surface area contributed by atoms with E-state index in [0.717, 1.165) is 58.3 Å². The summed E-state index contributed by atoms with van der Waals surface area (Å²) in [6, 6.07) is -1.20. The highest BCUT2D eigenvalue weighted by atomic mass is 16.6. The van der Waals surface area contributed by atoms with Crippen LogP contribution in [0.3, 0.4) is 0 Å². The summed E-state index contributed by atoms with van der Waals surface area (Å²) in [6.07, 6.45) is 32.7. The molecule has 0 aromatic carbocycles. The zero-order chi connectivity index (χ0) is 47.6. The average Bonchev–Trinajstić information content (AvgIpc) is 3.23. The third kappa shape index (κ3) is 37.1. The minimum atomic E-state index is -1.54. The van der Waals surface area contributed by atoms with E-state index in [1.807, 2.05) is 0 Å². The van der Waals surface area contributed by atoms with Gasteiger partial charge in [-0.3, -0.25) is 28.8 Å². The van der Waals surface area contributed by atoms with E-state index in [4.69, 9.17) is 23.7 Å². The number of carbonyl (C=O) groups excluding carboxylic acids is 6. The molecule has 0 fully saturated rings. The molecule has 0 aliphatic heterocycles. The highest BCUT2D eigenvalue weighted by Crippen LogP contribution is 2.22. The summed E-state index contributed by atoms with van der Waals surface area (Å²) in [5.74, 6) is -4.18. The molecule has 0 heterocycles. The fourth-order valence-corrected chi connectivity index (χ4v) is 8.38.